The molecule has 0 aromatic heterocycles. The topological polar surface area (TPSA) is 206 Å². The Morgan fingerprint density at radius 3 is 2.44 bits per heavy atom. The number of aromatic hydroxyl groups is 1. The van der Waals surface area contributed by atoms with Crippen LogP contribution < -0.4 is 16.0 Å². The van der Waals surface area contributed by atoms with E-state index in [-0.39, 0.29) is 36.2 Å². The zero-order chi connectivity index (χ0) is 31.5. The SMILES string of the molecule is CN(C)c1cc(NC(=O)CN2CCCCO2)c(O)c2c1CC1CC3[C@H](N(C)C)C(=O)C(C(N)=O)=C(O)[C@@]3(O)C(=O)C1=C2O. The number of benzene rings is 1. The monoisotopic (exact) mass is 599 g/mol. The van der Waals surface area contributed by atoms with Crippen molar-refractivity contribution in [2.24, 2.45) is 17.6 Å². The van der Waals surface area contributed by atoms with Gasteiger partial charge in [0.2, 0.25) is 11.7 Å². The number of aliphatic hydroxyl groups is 3. The molecule has 2 amide bonds. The van der Waals surface area contributed by atoms with E-state index in [1.54, 1.807) is 39.2 Å². The van der Waals surface area contributed by atoms with Gasteiger partial charge in [-0.15, -0.1) is 0 Å². The Morgan fingerprint density at radius 2 is 1.86 bits per heavy atom. The van der Waals surface area contributed by atoms with Crippen LogP contribution in [-0.2, 0) is 30.4 Å². The second-order valence-corrected chi connectivity index (χ2v) is 12.0. The predicted molar refractivity (Wildman–Crippen MR) is 154 cm³/mol. The third kappa shape index (κ3) is 4.74. The first kappa shape index (κ1) is 30.5. The third-order valence-electron chi connectivity index (χ3n) is 8.85. The van der Waals surface area contributed by atoms with Gasteiger partial charge in [-0.2, -0.15) is 5.06 Å². The summed E-state index contributed by atoms with van der Waals surface area (Å²) in [4.78, 5) is 61.0. The smallest absolute Gasteiger partial charge is 0.255 e. The molecule has 0 bridgehead atoms. The number of amides is 2. The van der Waals surface area contributed by atoms with Crippen LogP contribution in [0.25, 0.3) is 5.76 Å². The number of aliphatic hydroxyl groups excluding tert-OH is 2. The highest BCUT2D eigenvalue weighted by atomic mass is 16.7. The standard InChI is InChI=1S/C29H37N5O9/c1-32(2)17-11-16(31-18(35)12-34-7-5-6-8-43-34)23(36)20-14(17)9-13-10-15-22(33(3)4)25(38)21(28(30)41)27(40)29(15,42)26(39)19(13)24(20)37/h11,13,15,22,36-37,40,42H,5-10,12H2,1-4H3,(H2,30,41)(H,31,35)/t13?,15?,22-,29-/m0/s1. The Hall–Kier alpha value is -3.98. The minimum atomic E-state index is -2.73. The van der Waals surface area contributed by atoms with Gasteiger partial charge in [0.15, 0.2) is 11.4 Å². The average Bonchev–Trinajstić information content (AvgIpc) is 2.92. The van der Waals surface area contributed by atoms with E-state index in [1.807, 2.05) is 0 Å². The number of phenolic OH excluding ortho intramolecular Hbond substituents is 1. The molecule has 14 nitrogen and oxygen atoms in total. The minimum absolute atomic E-state index is 0.00963. The molecule has 3 aliphatic carbocycles. The van der Waals surface area contributed by atoms with Crippen LogP contribution in [-0.4, -0.2) is 113 Å². The highest BCUT2D eigenvalue weighted by molar-refractivity contribution is 6.24. The lowest BCUT2D eigenvalue weighted by molar-refractivity contribution is -0.182. The fraction of sp³-hybridized carbons (Fsp3) is 0.517. The number of Topliss-reactive ketones (excluding diaryl/α,β-unsaturated/α-hetero) is 2. The number of hydrogen-bond acceptors (Lipinski definition) is 12. The number of primary amides is 1. The van der Waals surface area contributed by atoms with E-state index in [9.17, 15) is 39.6 Å². The van der Waals surface area contributed by atoms with Crippen molar-refractivity contribution in [3.8, 4) is 5.75 Å². The number of carbonyl (C=O) groups is 4. The first-order valence-corrected chi connectivity index (χ1v) is 14.1. The number of hydroxylamine groups is 2. The Balaban J connectivity index is 1.62. The van der Waals surface area contributed by atoms with Crippen LogP contribution >= 0.6 is 0 Å². The molecule has 5 rings (SSSR count). The number of hydrogen-bond donors (Lipinski definition) is 6. The molecule has 1 saturated heterocycles. The van der Waals surface area contributed by atoms with Gasteiger partial charge in [0.05, 0.1) is 23.9 Å². The van der Waals surface area contributed by atoms with E-state index in [2.05, 4.69) is 5.32 Å². The number of fused-ring (bicyclic) bond motifs is 3. The molecule has 2 fully saturated rings. The van der Waals surface area contributed by atoms with Gasteiger partial charge in [0.25, 0.3) is 5.91 Å². The van der Waals surface area contributed by atoms with E-state index in [0.717, 1.165) is 12.8 Å². The van der Waals surface area contributed by atoms with Crippen molar-refractivity contribution in [1.29, 1.82) is 0 Å². The van der Waals surface area contributed by atoms with Crippen molar-refractivity contribution < 1.29 is 44.4 Å². The zero-order valence-corrected chi connectivity index (χ0v) is 24.5. The maximum Gasteiger partial charge on any atom is 0.255 e. The molecule has 1 heterocycles. The van der Waals surface area contributed by atoms with Gasteiger partial charge in [-0.1, -0.05) is 0 Å². The van der Waals surface area contributed by atoms with Gasteiger partial charge in [-0.05, 0) is 57.3 Å². The molecule has 1 aromatic carbocycles. The number of carbonyl (C=O) groups excluding carboxylic acids is 4. The normalized spacial score (nSPS) is 27.5. The quantitative estimate of drug-likeness (QED) is 0.189. The van der Waals surface area contributed by atoms with Crippen molar-refractivity contribution in [3.05, 3.63) is 34.1 Å². The maximum absolute atomic E-state index is 14.1. The van der Waals surface area contributed by atoms with Crippen molar-refractivity contribution in [1.82, 2.24) is 9.96 Å². The molecule has 7 N–H and O–H groups in total. The fourth-order valence-corrected chi connectivity index (χ4v) is 6.91. The van der Waals surface area contributed by atoms with E-state index in [1.165, 1.54) is 9.96 Å². The number of ketones is 2. The van der Waals surface area contributed by atoms with Crippen LogP contribution in [0.5, 0.6) is 5.75 Å². The van der Waals surface area contributed by atoms with Gasteiger partial charge in [0.1, 0.15) is 29.4 Å². The summed E-state index contributed by atoms with van der Waals surface area (Å²) in [5.41, 5.74) is 2.44. The summed E-state index contributed by atoms with van der Waals surface area (Å²) in [6.45, 7) is 0.989. The minimum Gasteiger partial charge on any atom is -0.508 e. The first-order valence-electron chi connectivity index (χ1n) is 14.1. The lowest BCUT2D eigenvalue weighted by Crippen LogP contribution is -2.65. The molecule has 4 atom stereocenters. The molecule has 0 spiro atoms. The first-order chi connectivity index (χ1) is 20.2. The van der Waals surface area contributed by atoms with Gasteiger partial charge >= 0.3 is 0 Å². The van der Waals surface area contributed by atoms with Crippen LogP contribution in [0.3, 0.4) is 0 Å². The largest absolute Gasteiger partial charge is 0.508 e. The lowest BCUT2D eigenvalue weighted by Gasteiger charge is -2.50. The summed E-state index contributed by atoms with van der Waals surface area (Å²) < 4.78 is 0. The maximum atomic E-state index is 14.1. The summed E-state index contributed by atoms with van der Waals surface area (Å²) >= 11 is 0. The highest BCUT2D eigenvalue weighted by Crippen LogP contribution is 2.54. The van der Waals surface area contributed by atoms with Crippen LogP contribution in [0.15, 0.2) is 23.0 Å². The van der Waals surface area contributed by atoms with Crippen LogP contribution in [0.4, 0.5) is 11.4 Å². The van der Waals surface area contributed by atoms with Crippen LogP contribution in [0, 0.1) is 11.8 Å². The summed E-state index contributed by atoms with van der Waals surface area (Å²) in [6, 6.07) is 0.406. The number of rotatable bonds is 6. The second kappa shape index (κ2) is 10.9. The van der Waals surface area contributed by atoms with Gasteiger partial charge in [-0.3, -0.25) is 28.9 Å². The number of nitrogens with one attached hydrogen (secondary N) is 1. The number of anilines is 2. The Kier molecular flexibility index (Phi) is 7.75. The van der Waals surface area contributed by atoms with E-state index in [4.69, 9.17) is 10.6 Å². The molecule has 0 radical (unpaired) electrons. The predicted octanol–water partition coefficient (Wildman–Crippen LogP) is -0.00410. The van der Waals surface area contributed by atoms with Crippen LogP contribution in [0.2, 0.25) is 0 Å². The molecular formula is C29H37N5O9. The molecular weight excluding hydrogens is 562 g/mol. The van der Waals surface area contributed by atoms with E-state index in [0.29, 0.717) is 24.4 Å². The molecule has 232 valence electrons. The summed E-state index contributed by atoms with van der Waals surface area (Å²) in [6.07, 6.45) is 1.88. The average molecular weight is 600 g/mol. The molecule has 2 unspecified atom stereocenters. The number of nitrogens with zero attached hydrogens (tertiary/aromatic N) is 3. The fourth-order valence-electron chi connectivity index (χ4n) is 6.91. The number of phenols is 1. The molecule has 43 heavy (non-hydrogen) atoms. The summed E-state index contributed by atoms with van der Waals surface area (Å²) in [7, 11) is 6.58. The highest BCUT2D eigenvalue weighted by Gasteiger charge is 2.64. The van der Waals surface area contributed by atoms with E-state index < -0.39 is 69.7 Å². The van der Waals surface area contributed by atoms with Crippen molar-refractivity contribution >= 4 is 40.5 Å². The van der Waals surface area contributed by atoms with Gasteiger partial charge < -0.3 is 36.4 Å². The van der Waals surface area contributed by atoms with Gasteiger partial charge in [0, 0.05) is 37.8 Å². The zero-order valence-electron chi connectivity index (χ0n) is 24.5. The number of likely N-dealkylation sites (N-methyl/N-ethyl adjacent to an activating group) is 1. The van der Waals surface area contributed by atoms with E-state index >= 15 is 0 Å². The molecule has 1 aliphatic heterocycles. The van der Waals surface area contributed by atoms with Crippen molar-refractivity contribution in [3.63, 3.8) is 0 Å². The molecule has 1 saturated carbocycles. The molecule has 4 aliphatic rings. The Morgan fingerprint density at radius 1 is 1.16 bits per heavy atom. The second-order valence-electron chi connectivity index (χ2n) is 12.0. The summed E-state index contributed by atoms with van der Waals surface area (Å²) in [5.74, 6) is -7.83. The molecule has 1 aromatic rings. The van der Waals surface area contributed by atoms with Crippen molar-refractivity contribution in [2.75, 3.05) is 58.1 Å². The summed E-state index contributed by atoms with van der Waals surface area (Å²) in [5, 5.41) is 49.9. The Bertz CT molecular complexity index is 1480. The lowest BCUT2D eigenvalue weighted by atomic mass is 9.57. The van der Waals surface area contributed by atoms with Crippen molar-refractivity contribution in [2.45, 2.75) is 37.3 Å². The van der Waals surface area contributed by atoms with Crippen LogP contribution in [0.1, 0.15) is 30.4 Å². The number of nitrogens with two attached hydrogens (primary N) is 1. The third-order valence-corrected chi connectivity index (χ3v) is 8.85. The molecule has 14 heteroatoms. The van der Waals surface area contributed by atoms with Gasteiger partial charge in [-0.25, -0.2) is 0 Å². The Labute approximate surface area is 247 Å².